The number of aromatic nitrogens is 2. The van der Waals surface area contributed by atoms with Crippen molar-refractivity contribution in [1.82, 2.24) is 15.3 Å². The lowest BCUT2D eigenvalue weighted by Gasteiger charge is -2.04. The van der Waals surface area contributed by atoms with Crippen LogP contribution in [-0.2, 0) is 6.54 Å². The summed E-state index contributed by atoms with van der Waals surface area (Å²) in [5, 5.41) is 3.35. The summed E-state index contributed by atoms with van der Waals surface area (Å²) in [5.41, 5.74) is 2.27. The first-order valence-corrected chi connectivity index (χ1v) is 6.82. The monoisotopic (exact) mass is 241 g/mol. The third-order valence-electron chi connectivity index (χ3n) is 2.02. The van der Waals surface area contributed by atoms with Gasteiger partial charge in [-0.05, 0) is 26.3 Å². The molecule has 0 aliphatic carbocycles. The van der Waals surface area contributed by atoms with E-state index in [9.17, 15) is 0 Å². The molecule has 1 aromatic heterocycles. The Morgan fingerprint density at radius 1 is 1.12 bits per heavy atom. The lowest BCUT2D eigenvalue weighted by Crippen LogP contribution is -2.19. The molecule has 0 saturated carbocycles. The highest BCUT2D eigenvalue weighted by atomic mass is 15.0. The minimum absolute atomic E-state index is 0.692. The van der Waals surface area contributed by atoms with Crippen molar-refractivity contribution in [2.75, 3.05) is 6.54 Å². The smallest absolute Gasteiger partial charge is 0.120 e. The van der Waals surface area contributed by atoms with Gasteiger partial charge in [-0.15, -0.1) is 0 Å². The third-order valence-corrected chi connectivity index (χ3v) is 2.02. The fourth-order valence-electron chi connectivity index (χ4n) is 1.18. The second kappa shape index (κ2) is 11.6. The lowest BCUT2D eigenvalue weighted by molar-refractivity contribution is 0.544. The van der Waals surface area contributed by atoms with Gasteiger partial charge < -0.3 is 10.3 Å². The molecule has 0 amide bonds. The molecule has 1 aromatic rings. The summed E-state index contributed by atoms with van der Waals surface area (Å²) in [7, 11) is 0. The fourth-order valence-corrected chi connectivity index (χ4v) is 1.18. The van der Waals surface area contributed by atoms with Gasteiger partial charge in [-0.3, -0.25) is 0 Å². The van der Waals surface area contributed by atoms with Gasteiger partial charge in [-0.2, -0.15) is 0 Å². The van der Waals surface area contributed by atoms with E-state index in [-0.39, 0.29) is 0 Å². The van der Waals surface area contributed by atoms with Crippen molar-refractivity contribution in [2.45, 2.75) is 61.9 Å². The summed E-state index contributed by atoms with van der Waals surface area (Å²) in [6.07, 6.45) is 0. The highest BCUT2D eigenvalue weighted by Gasteiger charge is 2.01. The van der Waals surface area contributed by atoms with Gasteiger partial charge in [0.05, 0.1) is 12.2 Å². The van der Waals surface area contributed by atoms with Gasteiger partial charge in [-0.25, -0.2) is 4.98 Å². The van der Waals surface area contributed by atoms with Crippen molar-refractivity contribution in [3.8, 4) is 0 Å². The van der Waals surface area contributed by atoms with Gasteiger partial charge in [0.15, 0.2) is 0 Å². The first kappa shape index (κ1) is 18.5. The molecule has 0 atom stereocenters. The Bertz CT molecular complexity index is 245. The molecule has 0 fully saturated rings. The van der Waals surface area contributed by atoms with Crippen LogP contribution in [0.1, 0.15) is 58.8 Å². The van der Waals surface area contributed by atoms with E-state index in [0.29, 0.717) is 5.92 Å². The van der Waals surface area contributed by atoms with Gasteiger partial charge in [-0.1, -0.05) is 41.5 Å². The number of aryl methyl sites for hydroxylation is 2. The molecule has 102 valence electrons. The molecule has 2 N–H and O–H groups in total. The van der Waals surface area contributed by atoms with Crippen molar-refractivity contribution < 1.29 is 0 Å². The normalized spacial score (nSPS) is 9.24. The van der Waals surface area contributed by atoms with Crippen molar-refractivity contribution >= 4 is 0 Å². The summed E-state index contributed by atoms with van der Waals surface area (Å²) in [6.45, 7) is 18.4. The molecule has 3 heteroatoms. The summed E-state index contributed by atoms with van der Waals surface area (Å²) in [6, 6.07) is 0. The average Bonchev–Trinajstić information content (AvgIpc) is 2.63. The first-order chi connectivity index (χ1) is 8.09. The van der Waals surface area contributed by atoms with Crippen LogP contribution in [0, 0.1) is 19.8 Å². The molecular weight excluding hydrogens is 210 g/mol. The maximum atomic E-state index is 4.39. The van der Waals surface area contributed by atoms with Gasteiger partial charge in [0.25, 0.3) is 0 Å². The van der Waals surface area contributed by atoms with Crippen LogP contribution < -0.4 is 5.32 Å². The van der Waals surface area contributed by atoms with Gasteiger partial charge in [0, 0.05) is 5.69 Å². The molecule has 3 nitrogen and oxygen atoms in total. The van der Waals surface area contributed by atoms with E-state index in [4.69, 9.17) is 0 Å². The van der Waals surface area contributed by atoms with Crippen molar-refractivity contribution in [3.05, 3.63) is 17.2 Å². The predicted molar refractivity (Wildman–Crippen MR) is 77.3 cm³/mol. The van der Waals surface area contributed by atoms with Crippen LogP contribution in [0.5, 0.6) is 0 Å². The largest absolute Gasteiger partial charge is 0.345 e. The Balaban J connectivity index is 0. The Morgan fingerprint density at radius 2 is 1.65 bits per heavy atom. The van der Waals surface area contributed by atoms with Crippen LogP contribution in [0.15, 0.2) is 0 Å². The fraction of sp³-hybridized carbons (Fsp3) is 0.786. The molecule has 0 spiro atoms. The topological polar surface area (TPSA) is 40.7 Å². The highest BCUT2D eigenvalue weighted by molar-refractivity contribution is 5.10. The molecule has 0 bridgehead atoms. The Morgan fingerprint density at radius 3 is 2.00 bits per heavy atom. The lowest BCUT2D eigenvalue weighted by atomic mass is 10.2. The van der Waals surface area contributed by atoms with Crippen molar-refractivity contribution in [2.24, 2.45) is 5.92 Å². The number of nitrogens with zero attached hydrogens (tertiary/aromatic N) is 1. The predicted octanol–water partition coefficient (Wildman–Crippen LogP) is 3.82. The van der Waals surface area contributed by atoms with E-state index in [1.807, 2.05) is 41.5 Å². The van der Waals surface area contributed by atoms with Gasteiger partial charge >= 0.3 is 0 Å². The van der Waals surface area contributed by atoms with E-state index < -0.39 is 0 Å². The summed E-state index contributed by atoms with van der Waals surface area (Å²) in [5.74, 6) is 1.73. The van der Waals surface area contributed by atoms with Crippen LogP contribution in [0.4, 0.5) is 0 Å². The maximum Gasteiger partial charge on any atom is 0.120 e. The van der Waals surface area contributed by atoms with E-state index in [2.05, 4.69) is 29.1 Å². The third kappa shape index (κ3) is 8.93. The van der Waals surface area contributed by atoms with Crippen LogP contribution in [0.25, 0.3) is 0 Å². The highest BCUT2D eigenvalue weighted by Crippen LogP contribution is 2.02. The van der Waals surface area contributed by atoms with Gasteiger partial charge in [0.2, 0.25) is 0 Å². The summed E-state index contributed by atoms with van der Waals surface area (Å²) in [4.78, 5) is 7.63. The summed E-state index contributed by atoms with van der Waals surface area (Å²) < 4.78 is 0. The molecule has 0 radical (unpaired) electrons. The van der Waals surface area contributed by atoms with Crippen LogP contribution in [0.3, 0.4) is 0 Å². The minimum atomic E-state index is 0.692. The number of hydrogen-bond acceptors (Lipinski definition) is 2. The van der Waals surface area contributed by atoms with Crippen molar-refractivity contribution in [3.63, 3.8) is 0 Å². The molecule has 17 heavy (non-hydrogen) atoms. The van der Waals surface area contributed by atoms with Crippen molar-refractivity contribution in [1.29, 1.82) is 0 Å². The molecule has 0 saturated heterocycles. The van der Waals surface area contributed by atoms with Crippen LogP contribution in [-0.4, -0.2) is 16.5 Å². The standard InChI is InChI=1S/C10H19N3.2C2H6/c1-7(2)5-11-6-10-12-8(3)9(4)13-10;2*1-2/h7,11H,5-6H2,1-4H3,(H,12,13);2*1-2H3. The zero-order chi connectivity index (χ0) is 13.8. The number of hydrogen-bond donors (Lipinski definition) is 2. The molecule has 0 unspecified atom stereocenters. The summed E-state index contributed by atoms with van der Waals surface area (Å²) >= 11 is 0. The minimum Gasteiger partial charge on any atom is -0.345 e. The number of rotatable bonds is 4. The average molecular weight is 241 g/mol. The zero-order valence-corrected chi connectivity index (χ0v) is 12.9. The van der Waals surface area contributed by atoms with Crippen LogP contribution in [0.2, 0.25) is 0 Å². The Kier molecular flexibility index (Phi) is 12.7. The van der Waals surface area contributed by atoms with E-state index >= 15 is 0 Å². The molecule has 0 aliphatic rings. The number of imidazole rings is 1. The maximum absolute atomic E-state index is 4.39. The first-order valence-electron chi connectivity index (χ1n) is 6.82. The number of aromatic amines is 1. The quantitative estimate of drug-likeness (QED) is 0.841. The van der Waals surface area contributed by atoms with E-state index in [1.54, 1.807) is 0 Å². The molecule has 1 heterocycles. The van der Waals surface area contributed by atoms with E-state index in [0.717, 1.165) is 24.6 Å². The molecule has 0 aliphatic heterocycles. The number of nitrogens with one attached hydrogen (secondary N) is 2. The Labute approximate surface area is 107 Å². The second-order valence-corrected chi connectivity index (χ2v) is 3.92. The second-order valence-electron chi connectivity index (χ2n) is 3.92. The molecule has 1 rings (SSSR count). The van der Waals surface area contributed by atoms with Gasteiger partial charge in [0.1, 0.15) is 5.82 Å². The zero-order valence-electron chi connectivity index (χ0n) is 12.9. The molecule has 0 aromatic carbocycles. The number of H-pyrrole nitrogens is 1. The molecular formula is C14H31N3. The van der Waals surface area contributed by atoms with E-state index in [1.165, 1.54) is 5.69 Å². The van der Waals surface area contributed by atoms with Crippen LogP contribution >= 0.6 is 0 Å². The Hall–Kier alpha value is -0.830. The SMILES string of the molecule is CC.CC.Cc1nc(CNCC(C)C)[nH]c1C.